The third kappa shape index (κ3) is 6.17. The minimum absolute atomic E-state index is 1.26. The number of unbranched alkanes of at least 4 members (excludes halogenated alkanes) is 2. The molecule has 8 heavy (non-hydrogen) atoms. The molecule has 0 saturated heterocycles. The van der Waals surface area contributed by atoms with Crippen LogP contribution in [0.4, 0.5) is 0 Å². The molecule has 0 atom stereocenters. The Morgan fingerprint density at radius 2 is 2.25 bits per heavy atom. The first-order chi connectivity index (χ1) is 3.91. The molecule has 0 aliphatic heterocycles. The van der Waals surface area contributed by atoms with Gasteiger partial charge in [-0.1, -0.05) is 40.2 Å². The molecule has 0 aromatic heterocycles. The van der Waals surface area contributed by atoms with Crippen LogP contribution >= 0.6 is 8.58 Å². The van der Waals surface area contributed by atoms with E-state index >= 15 is 0 Å². The molecular weight excluding hydrogens is 115 g/mol. The van der Waals surface area contributed by atoms with Crippen LogP contribution in [0.5, 0.6) is 0 Å². The van der Waals surface area contributed by atoms with Crippen molar-refractivity contribution in [2.24, 2.45) is 0 Å². The summed E-state index contributed by atoms with van der Waals surface area (Å²) in [5.41, 5.74) is 0. The predicted molar refractivity (Wildman–Crippen MR) is 41.5 cm³/mol. The van der Waals surface area contributed by atoms with Crippen molar-refractivity contribution in [3.63, 3.8) is 0 Å². The summed E-state index contributed by atoms with van der Waals surface area (Å²) in [5.74, 6) is 2.20. The van der Waals surface area contributed by atoms with Gasteiger partial charge in [-0.2, -0.15) is 0 Å². The van der Waals surface area contributed by atoms with E-state index in [1.807, 2.05) is 0 Å². The van der Waals surface area contributed by atoms with Gasteiger partial charge in [-0.3, -0.25) is 0 Å². The number of rotatable bonds is 4. The second-order valence-electron chi connectivity index (χ2n) is 1.79. The smallest absolute Gasteiger partial charge is 0.0347 e. The van der Waals surface area contributed by atoms with Crippen LogP contribution < -0.4 is 0 Å². The van der Waals surface area contributed by atoms with E-state index in [2.05, 4.69) is 25.5 Å². The van der Waals surface area contributed by atoms with E-state index in [1.54, 1.807) is 0 Å². The molecule has 0 unspecified atom stereocenters. The first-order valence-corrected chi connectivity index (χ1v) is 4.56. The molecule has 0 rings (SSSR count). The number of hydrogen-bond acceptors (Lipinski definition) is 0. The van der Waals surface area contributed by atoms with Crippen molar-refractivity contribution in [2.75, 3.05) is 6.66 Å². The fourth-order valence-electron chi connectivity index (χ4n) is 0.502. The zero-order valence-electron chi connectivity index (χ0n) is 5.72. The minimum Gasteiger partial charge on any atom is -0.0837 e. The summed E-state index contributed by atoms with van der Waals surface area (Å²) in [6.07, 6.45) is 6.17. The van der Waals surface area contributed by atoms with Crippen LogP contribution in [0.25, 0.3) is 0 Å². The van der Waals surface area contributed by atoms with Crippen molar-refractivity contribution in [1.82, 2.24) is 0 Å². The first kappa shape index (κ1) is 8.17. The second-order valence-corrected chi connectivity index (χ2v) is 2.60. The summed E-state index contributed by atoms with van der Waals surface area (Å²) in [5, 5.41) is 0. The summed E-state index contributed by atoms with van der Waals surface area (Å²) in [7, 11) is 1.38. The van der Waals surface area contributed by atoms with E-state index in [1.165, 1.54) is 27.8 Å². The molecule has 0 N–H and O–H groups in total. The lowest BCUT2D eigenvalue weighted by Crippen LogP contribution is -1.63. The Balaban J connectivity index is 2.80. The topological polar surface area (TPSA) is 0 Å². The summed E-state index contributed by atoms with van der Waals surface area (Å²) in [6, 6.07) is 0. The van der Waals surface area contributed by atoms with E-state index in [9.17, 15) is 0 Å². The maximum Gasteiger partial charge on any atom is -0.0347 e. The van der Waals surface area contributed by atoms with Gasteiger partial charge < -0.3 is 0 Å². The summed E-state index contributed by atoms with van der Waals surface area (Å²) in [4.78, 5) is 0. The SMILES string of the molecule is CCCCC=C[P]C. The van der Waals surface area contributed by atoms with Gasteiger partial charge in [0.05, 0.1) is 0 Å². The van der Waals surface area contributed by atoms with E-state index in [4.69, 9.17) is 0 Å². The van der Waals surface area contributed by atoms with Crippen LogP contribution in [0.3, 0.4) is 0 Å². The van der Waals surface area contributed by atoms with Gasteiger partial charge in [0.1, 0.15) is 0 Å². The highest BCUT2D eigenvalue weighted by Crippen LogP contribution is 2.05. The summed E-state index contributed by atoms with van der Waals surface area (Å²) in [6.45, 7) is 4.36. The Kier molecular flexibility index (Phi) is 7.32. The monoisotopic (exact) mass is 129 g/mol. The van der Waals surface area contributed by atoms with Gasteiger partial charge in [0.2, 0.25) is 0 Å². The van der Waals surface area contributed by atoms with Crippen LogP contribution in [0.1, 0.15) is 26.2 Å². The van der Waals surface area contributed by atoms with Crippen molar-refractivity contribution < 1.29 is 0 Å². The Morgan fingerprint density at radius 1 is 1.50 bits per heavy atom. The van der Waals surface area contributed by atoms with Crippen LogP contribution in [-0.4, -0.2) is 6.66 Å². The molecule has 0 bridgehead atoms. The highest BCUT2D eigenvalue weighted by Gasteiger charge is 1.74. The molecule has 0 amide bonds. The van der Waals surface area contributed by atoms with Gasteiger partial charge in [0.15, 0.2) is 0 Å². The van der Waals surface area contributed by atoms with Crippen molar-refractivity contribution >= 4 is 8.58 Å². The Morgan fingerprint density at radius 3 is 2.75 bits per heavy atom. The molecule has 1 radical (unpaired) electrons. The van der Waals surface area contributed by atoms with E-state index in [-0.39, 0.29) is 0 Å². The van der Waals surface area contributed by atoms with Gasteiger partial charge in [0, 0.05) is 0 Å². The lowest BCUT2D eigenvalue weighted by molar-refractivity contribution is 0.815. The van der Waals surface area contributed by atoms with E-state index < -0.39 is 0 Å². The average Bonchev–Trinajstić information content (AvgIpc) is 1.81. The molecule has 0 aliphatic rings. The highest BCUT2D eigenvalue weighted by molar-refractivity contribution is 7.40. The maximum atomic E-state index is 2.26. The molecule has 0 aliphatic carbocycles. The van der Waals surface area contributed by atoms with Crippen LogP contribution in [-0.2, 0) is 0 Å². The predicted octanol–water partition coefficient (Wildman–Crippen LogP) is 3.27. The van der Waals surface area contributed by atoms with Crippen LogP contribution in [0.15, 0.2) is 11.9 Å². The fourth-order valence-corrected chi connectivity index (χ4v) is 0.862. The summed E-state index contributed by atoms with van der Waals surface area (Å²) >= 11 is 0. The maximum absolute atomic E-state index is 2.26. The molecule has 47 valence electrons. The van der Waals surface area contributed by atoms with Crippen molar-refractivity contribution in [3.8, 4) is 0 Å². The first-order valence-electron chi connectivity index (χ1n) is 3.15. The lowest BCUT2D eigenvalue weighted by Gasteiger charge is -1.85. The van der Waals surface area contributed by atoms with Gasteiger partial charge in [0.25, 0.3) is 0 Å². The minimum atomic E-state index is 1.26. The highest BCUT2D eigenvalue weighted by atomic mass is 31.1. The molecular formula is C7H14P. The van der Waals surface area contributed by atoms with Gasteiger partial charge in [-0.05, 0) is 13.1 Å². The van der Waals surface area contributed by atoms with Crippen molar-refractivity contribution in [2.45, 2.75) is 26.2 Å². The molecule has 0 fully saturated rings. The molecule has 0 aromatic carbocycles. The van der Waals surface area contributed by atoms with E-state index in [0.29, 0.717) is 0 Å². The Labute approximate surface area is 54.2 Å². The molecule has 0 aromatic rings. The zero-order valence-corrected chi connectivity index (χ0v) is 6.62. The third-order valence-electron chi connectivity index (χ3n) is 0.979. The molecule has 0 heterocycles. The van der Waals surface area contributed by atoms with Crippen molar-refractivity contribution in [1.29, 1.82) is 0 Å². The van der Waals surface area contributed by atoms with Gasteiger partial charge in [-0.15, -0.1) is 0 Å². The zero-order chi connectivity index (χ0) is 6.24. The van der Waals surface area contributed by atoms with Crippen LogP contribution in [0, 0.1) is 0 Å². The molecule has 0 spiro atoms. The lowest BCUT2D eigenvalue weighted by atomic mass is 10.2. The quantitative estimate of drug-likeness (QED) is 0.403. The summed E-state index contributed by atoms with van der Waals surface area (Å²) < 4.78 is 0. The van der Waals surface area contributed by atoms with E-state index in [0.717, 1.165) is 0 Å². The fraction of sp³-hybridized carbons (Fsp3) is 0.714. The Bertz CT molecular complexity index is 57.4. The Hall–Kier alpha value is 0.170. The standard InChI is InChI=1S/C7H14P/c1-3-4-5-6-7-8-2/h6-7H,3-5H2,1-2H3. The molecule has 0 nitrogen and oxygen atoms in total. The number of allylic oxidation sites excluding steroid dienone is 1. The van der Waals surface area contributed by atoms with Gasteiger partial charge >= 0.3 is 0 Å². The van der Waals surface area contributed by atoms with Crippen molar-refractivity contribution in [3.05, 3.63) is 11.9 Å². The van der Waals surface area contributed by atoms with Crippen LogP contribution in [0.2, 0.25) is 0 Å². The average molecular weight is 129 g/mol. The van der Waals surface area contributed by atoms with Gasteiger partial charge in [-0.25, -0.2) is 0 Å². The number of hydrogen-bond donors (Lipinski definition) is 0. The third-order valence-corrected chi connectivity index (χ3v) is 1.49. The molecule has 0 saturated carbocycles. The normalized spacial score (nSPS) is 12.2. The second kappa shape index (κ2) is 7.17. The molecule has 1 heteroatoms. The largest absolute Gasteiger partial charge is 0.0837 e.